The third kappa shape index (κ3) is 6.33. The summed E-state index contributed by atoms with van der Waals surface area (Å²) in [6.07, 6.45) is 4.01. The Balaban J connectivity index is 1.56. The maximum Gasteiger partial charge on any atom is 0.0113 e. The lowest BCUT2D eigenvalue weighted by Gasteiger charge is -2.39. The van der Waals surface area contributed by atoms with Gasteiger partial charge in [-0.25, -0.2) is 0 Å². The van der Waals surface area contributed by atoms with Crippen LogP contribution in [0.2, 0.25) is 0 Å². The molecule has 23 heavy (non-hydrogen) atoms. The van der Waals surface area contributed by atoms with Crippen LogP contribution >= 0.6 is 0 Å². The molecule has 2 aliphatic rings. The maximum atomic E-state index is 2.71. The Kier molecular flexibility index (Phi) is 8.31. The second-order valence-corrected chi connectivity index (χ2v) is 7.84. The van der Waals surface area contributed by atoms with Crippen molar-refractivity contribution in [3.63, 3.8) is 0 Å². The minimum Gasteiger partial charge on any atom is -0.301 e. The molecule has 2 saturated heterocycles. The third-order valence-electron chi connectivity index (χ3n) is 5.80. The Morgan fingerprint density at radius 1 is 0.696 bits per heavy atom. The average Bonchev–Trinajstić information content (AvgIpc) is 2.56. The van der Waals surface area contributed by atoms with E-state index in [-0.39, 0.29) is 0 Å². The summed E-state index contributed by atoms with van der Waals surface area (Å²) in [7, 11) is 0. The van der Waals surface area contributed by atoms with Crippen molar-refractivity contribution in [2.45, 2.75) is 59.0 Å². The molecule has 4 nitrogen and oxygen atoms in total. The lowest BCUT2D eigenvalue weighted by Crippen LogP contribution is -2.50. The van der Waals surface area contributed by atoms with Crippen molar-refractivity contribution in [2.24, 2.45) is 0 Å². The molecule has 0 bridgehead atoms. The molecule has 0 spiro atoms. The lowest BCUT2D eigenvalue weighted by atomic mass is 10.1. The van der Waals surface area contributed by atoms with E-state index in [9.17, 15) is 0 Å². The molecule has 0 N–H and O–H groups in total. The molecule has 2 heterocycles. The Labute approximate surface area is 144 Å². The highest BCUT2D eigenvalue weighted by atomic mass is 15.3. The van der Waals surface area contributed by atoms with Crippen LogP contribution in [0.5, 0.6) is 0 Å². The zero-order valence-electron chi connectivity index (χ0n) is 16.1. The quantitative estimate of drug-likeness (QED) is 0.678. The minimum atomic E-state index is 0.712. The summed E-state index contributed by atoms with van der Waals surface area (Å²) in [5.74, 6) is 0. The molecule has 0 aromatic heterocycles. The smallest absolute Gasteiger partial charge is 0.0113 e. The highest BCUT2D eigenvalue weighted by molar-refractivity contribution is 4.78. The van der Waals surface area contributed by atoms with E-state index >= 15 is 0 Å². The summed E-state index contributed by atoms with van der Waals surface area (Å²) >= 11 is 0. The highest BCUT2D eigenvalue weighted by Crippen LogP contribution is 2.12. The van der Waals surface area contributed by atoms with Gasteiger partial charge in [-0.15, -0.1) is 0 Å². The third-order valence-corrected chi connectivity index (χ3v) is 5.80. The second kappa shape index (κ2) is 9.97. The number of hydrogen-bond acceptors (Lipinski definition) is 4. The van der Waals surface area contributed by atoms with Gasteiger partial charge < -0.3 is 9.80 Å². The second-order valence-electron chi connectivity index (χ2n) is 7.84. The van der Waals surface area contributed by atoms with Crippen LogP contribution in [0, 0.1) is 0 Å². The van der Waals surface area contributed by atoms with Crippen molar-refractivity contribution in [2.75, 3.05) is 65.4 Å². The number of rotatable bonds is 8. The molecule has 0 radical (unpaired) electrons. The monoisotopic (exact) mass is 324 g/mol. The number of hydrogen-bond donors (Lipinski definition) is 0. The van der Waals surface area contributed by atoms with Crippen LogP contribution in [-0.4, -0.2) is 97.1 Å². The van der Waals surface area contributed by atoms with E-state index < -0.39 is 0 Å². The van der Waals surface area contributed by atoms with Crippen LogP contribution in [0.3, 0.4) is 0 Å². The first-order chi connectivity index (χ1) is 11.1. The molecule has 0 saturated carbocycles. The van der Waals surface area contributed by atoms with Crippen molar-refractivity contribution < 1.29 is 0 Å². The first-order valence-electron chi connectivity index (χ1n) is 10.0. The van der Waals surface area contributed by atoms with E-state index in [1.165, 1.54) is 84.7 Å². The van der Waals surface area contributed by atoms with Crippen LogP contribution in [0.1, 0.15) is 47.0 Å². The predicted octanol–water partition coefficient (Wildman–Crippen LogP) is 2.21. The fourth-order valence-electron chi connectivity index (χ4n) is 4.04. The largest absolute Gasteiger partial charge is 0.301 e. The molecule has 0 amide bonds. The van der Waals surface area contributed by atoms with Crippen molar-refractivity contribution in [1.82, 2.24) is 19.6 Å². The van der Waals surface area contributed by atoms with E-state index in [4.69, 9.17) is 0 Å². The Hall–Kier alpha value is -0.160. The summed E-state index contributed by atoms with van der Waals surface area (Å²) < 4.78 is 0. The van der Waals surface area contributed by atoms with Gasteiger partial charge in [-0.2, -0.15) is 0 Å². The standard InChI is InChI=1S/C19H40N4/c1-5-8-20-12-16-23(17-13-20)19(4)7-6-9-21-10-14-22(15-11-21)18(2)3/h18-19H,5-17H2,1-4H3. The zero-order chi connectivity index (χ0) is 16.7. The molecule has 1 atom stereocenters. The molecule has 2 rings (SSSR count). The molecule has 0 aromatic carbocycles. The van der Waals surface area contributed by atoms with Gasteiger partial charge in [0.25, 0.3) is 0 Å². The van der Waals surface area contributed by atoms with Crippen LogP contribution < -0.4 is 0 Å². The molecule has 0 aliphatic carbocycles. The normalized spacial score (nSPS) is 24.4. The molecule has 4 heteroatoms. The molecule has 2 aliphatic heterocycles. The van der Waals surface area contributed by atoms with Crippen molar-refractivity contribution in [3.8, 4) is 0 Å². The van der Waals surface area contributed by atoms with Crippen molar-refractivity contribution in [3.05, 3.63) is 0 Å². The van der Waals surface area contributed by atoms with E-state index in [1.54, 1.807) is 0 Å². The van der Waals surface area contributed by atoms with Crippen LogP contribution in [0.15, 0.2) is 0 Å². The Morgan fingerprint density at radius 3 is 1.74 bits per heavy atom. The average molecular weight is 325 g/mol. The van der Waals surface area contributed by atoms with Crippen molar-refractivity contribution in [1.29, 1.82) is 0 Å². The summed E-state index contributed by atoms with van der Waals surface area (Å²) in [4.78, 5) is 10.6. The molecular weight excluding hydrogens is 284 g/mol. The van der Waals surface area contributed by atoms with E-state index in [0.717, 1.165) is 6.04 Å². The topological polar surface area (TPSA) is 13.0 Å². The number of piperazine rings is 2. The maximum absolute atomic E-state index is 2.71. The van der Waals surface area contributed by atoms with Gasteiger partial charge in [0.05, 0.1) is 0 Å². The van der Waals surface area contributed by atoms with Gasteiger partial charge >= 0.3 is 0 Å². The van der Waals surface area contributed by atoms with E-state index in [0.29, 0.717) is 6.04 Å². The van der Waals surface area contributed by atoms with Gasteiger partial charge in [0.2, 0.25) is 0 Å². The van der Waals surface area contributed by atoms with E-state index in [1.807, 2.05) is 0 Å². The van der Waals surface area contributed by atoms with Gasteiger partial charge in [-0.1, -0.05) is 6.92 Å². The Bertz CT molecular complexity index is 304. The molecular formula is C19H40N4. The van der Waals surface area contributed by atoms with Gasteiger partial charge in [-0.3, -0.25) is 9.80 Å². The molecule has 1 unspecified atom stereocenters. The molecule has 0 aromatic rings. The summed E-state index contributed by atoms with van der Waals surface area (Å²) in [5, 5.41) is 0. The van der Waals surface area contributed by atoms with Crippen molar-refractivity contribution >= 4 is 0 Å². The first kappa shape index (κ1) is 19.2. The van der Waals surface area contributed by atoms with Crippen LogP contribution in [0.25, 0.3) is 0 Å². The fraction of sp³-hybridized carbons (Fsp3) is 1.00. The SMILES string of the molecule is CCCN1CCN(C(C)CCCN2CCN(C(C)C)CC2)CC1. The lowest BCUT2D eigenvalue weighted by molar-refractivity contribution is 0.0885. The van der Waals surface area contributed by atoms with Gasteiger partial charge in [0.15, 0.2) is 0 Å². The van der Waals surface area contributed by atoms with E-state index in [2.05, 4.69) is 47.3 Å². The van der Waals surface area contributed by atoms with Gasteiger partial charge in [0.1, 0.15) is 0 Å². The number of nitrogens with zero attached hydrogens (tertiary/aromatic N) is 4. The molecule has 2 fully saturated rings. The minimum absolute atomic E-state index is 0.712. The fourth-order valence-corrected chi connectivity index (χ4v) is 4.04. The first-order valence-corrected chi connectivity index (χ1v) is 10.0. The highest BCUT2D eigenvalue weighted by Gasteiger charge is 2.21. The summed E-state index contributed by atoms with van der Waals surface area (Å²) in [5.41, 5.74) is 0. The van der Waals surface area contributed by atoms with Gasteiger partial charge in [-0.05, 0) is 53.1 Å². The van der Waals surface area contributed by atoms with Crippen LogP contribution in [-0.2, 0) is 0 Å². The van der Waals surface area contributed by atoms with Gasteiger partial charge in [0, 0.05) is 64.4 Å². The predicted molar refractivity (Wildman–Crippen MR) is 100 cm³/mol. The molecule has 136 valence electrons. The Morgan fingerprint density at radius 2 is 1.22 bits per heavy atom. The zero-order valence-corrected chi connectivity index (χ0v) is 16.1. The summed E-state index contributed by atoms with van der Waals surface area (Å²) in [6.45, 7) is 22.1. The summed E-state index contributed by atoms with van der Waals surface area (Å²) in [6, 6.07) is 1.47. The van der Waals surface area contributed by atoms with Crippen LogP contribution in [0.4, 0.5) is 0 Å².